The first kappa shape index (κ1) is 12.0. The maximum absolute atomic E-state index is 5.77. The fourth-order valence-corrected chi connectivity index (χ4v) is 1.27. The van der Waals surface area contributed by atoms with Crippen LogP contribution in [-0.2, 0) is 0 Å². The van der Waals surface area contributed by atoms with Gasteiger partial charge >= 0.3 is 0 Å². The van der Waals surface area contributed by atoms with Crippen LogP contribution >= 0.6 is 11.6 Å². The highest BCUT2D eigenvalue weighted by atomic mass is 35.5. The molecule has 0 aliphatic heterocycles. The van der Waals surface area contributed by atoms with E-state index in [4.69, 9.17) is 16.3 Å². The molecule has 0 aliphatic rings. The highest BCUT2D eigenvalue weighted by molar-refractivity contribution is 6.18. The molecule has 1 rings (SSSR count). The molecule has 1 heterocycles. The number of hydrogen-bond donors (Lipinski definition) is 1. The molecule has 1 N–H and O–H groups in total. The summed E-state index contributed by atoms with van der Waals surface area (Å²) >= 11 is 5.77. The quantitative estimate of drug-likeness (QED) is 0.787. The molecule has 0 fully saturated rings. The lowest BCUT2D eigenvalue weighted by atomic mass is 10.1. The van der Waals surface area contributed by atoms with Gasteiger partial charge in [0, 0.05) is 24.2 Å². The predicted molar refractivity (Wildman–Crippen MR) is 61.6 cm³/mol. The molecule has 0 aromatic carbocycles. The van der Waals surface area contributed by atoms with Gasteiger partial charge in [-0.2, -0.15) is 4.98 Å². The van der Waals surface area contributed by atoms with Crippen molar-refractivity contribution < 1.29 is 4.74 Å². The molecule has 84 valence electrons. The van der Waals surface area contributed by atoms with Crippen molar-refractivity contribution in [3.8, 4) is 5.88 Å². The number of methoxy groups -OCH3 is 1. The molecule has 1 aromatic heterocycles. The van der Waals surface area contributed by atoms with Crippen molar-refractivity contribution >= 4 is 17.5 Å². The van der Waals surface area contributed by atoms with Crippen molar-refractivity contribution in [2.24, 2.45) is 5.92 Å². The lowest BCUT2D eigenvalue weighted by Crippen LogP contribution is -2.25. The fourth-order valence-electron chi connectivity index (χ4n) is 1.00. The molecule has 0 bridgehead atoms. The van der Waals surface area contributed by atoms with Gasteiger partial charge in [0.15, 0.2) is 0 Å². The summed E-state index contributed by atoms with van der Waals surface area (Å²) in [6.45, 7) is 4.13. The highest BCUT2D eigenvalue weighted by Crippen LogP contribution is 2.12. The number of nitrogens with one attached hydrogen (secondary N) is 1. The molecular formula is C10H16ClN3O. The molecule has 0 amide bonds. The Labute approximate surface area is 95.0 Å². The minimum absolute atomic E-state index is 0.231. The Morgan fingerprint density at radius 3 is 2.87 bits per heavy atom. The van der Waals surface area contributed by atoms with Crippen molar-refractivity contribution in [1.29, 1.82) is 0 Å². The topological polar surface area (TPSA) is 47.0 Å². The summed E-state index contributed by atoms with van der Waals surface area (Å²) in [7, 11) is 1.58. The van der Waals surface area contributed by atoms with Gasteiger partial charge in [0.25, 0.3) is 0 Å². The third-order valence-electron chi connectivity index (χ3n) is 2.29. The first-order valence-corrected chi connectivity index (χ1v) is 5.40. The Hall–Kier alpha value is -1.03. The Morgan fingerprint density at radius 1 is 1.53 bits per heavy atom. The third kappa shape index (κ3) is 3.55. The fraction of sp³-hybridized carbons (Fsp3) is 0.600. The zero-order chi connectivity index (χ0) is 11.3. The van der Waals surface area contributed by atoms with E-state index in [0.717, 1.165) is 0 Å². The zero-order valence-electron chi connectivity index (χ0n) is 9.20. The number of rotatable bonds is 5. The van der Waals surface area contributed by atoms with E-state index in [2.05, 4.69) is 29.1 Å². The second-order valence-electron chi connectivity index (χ2n) is 3.49. The van der Waals surface area contributed by atoms with Gasteiger partial charge in [0.1, 0.15) is 0 Å². The highest BCUT2D eigenvalue weighted by Gasteiger charge is 2.11. The molecule has 0 saturated carbocycles. The van der Waals surface area contributed by atoms with Crippen molar-refractivity contribution in [1.82, 2.24) is 9.97 Å². The molecule has 0 aliphatic carbocycles. The lowest BCUT2D eigenvalue weighted by Gasteiger charge is -2.18. The van der Waals surface area contributed by atoms with Crippen molar-refractivity contribution in [3.63, 3.8) is 0 Å². The maximum Gasteiger partial charge on any atom is 0.226 e. The molecule has 0 spiro atoms. The standard InChI is InChI=1S/C10H16ClN3O/c1-7(6-11)8(2)13-10-12-5-4-9(14-10)15-3/h4-5,7-8H,6H2,1-3H3,(H,12,13,14). The van der Waals surface area contributed by atoms with Crippen LogP contribution in [0.5, 0.6) is 5.88 Å². The van der Waals surface area contributed by atoms with Crippen molar-refractivity contribution in [3.05, 3.63) is 12.3 Å². The van der Waals surface area contributed by atoms with Crippen LogP contribution in [0.2, 0.25) is 0 Å². The van der Waals surface area contributed by atoms with Crippen LogP contribution in [0, 0.1) is 5.92 Å². The monoisotopic (exact) mass is 229 g/mol. The molecule has 4 nitrogen and oxygen atoms in total. The lowest BCUT2D eigenvalue weighted by molar-refractivity contribution is 0.397. The molecular weight excluding hydrogens is 214 g/mol. The van der Waals surface area contributed by atoms with E-state index in [9.17, 15) is 0 Å². The number of alkyl halides is 1. The summed E-state index contributed by atoms with van der Waals surface area (Å²) < 4.78 is 5.01. The number of hydrogen-bond acceptors (Lipinski definition) is 4. The normalized spacial score (nSPS) is 14.4. The molecule has 0 saturated heterocycles. The van der Waals surface area contributed by atoms with Gasteiger partial charge < -0.3 is 10.1 Å². The summed E-state index contributed by atoms with van der Waals surface area (Å²) in [4.78, 5) is 8.26. The van der Waals surface area contributed by atoms with Crippen LogP contribution in [0.1, 0.15) is 13.8 Å². The SMILES string of the molecule is COc1ccnc(NC(C)C(C)CCl)n1. The molecule has 2 unspecified atom stereocenters. The number of aromatic nitrogens is 2. The zero-order valence-corrected chi connectivity index (χ0v) is 9.95. The molecule has 1 aromatic rings. The van der Waals surface area contributed by atoms with Gasteiger partial charge in [0.2, 0.25) is 11.8 Å². The summed E-state index contributed by atoms with van der Waals surface area (Å²) in [5, 5.41) is 3.18. The second kappa shape index (κ2) is 5.75. The van der Waals surface area contributed by atoms with E-state index >= 15 is 0 Å². The Balaban J connectivity index is 2.63. The smallest absolute Gasteiger partial charge is 0.226 e. The van der Waals surface area contributed by atoms with E-state index in [1.54, 1.807) is 19.4 Å². The minimum atomic E-state index is 0.231. The largest absolute Gasteiger partial charge is 0.481 e. The van der Waals surface area contributed by atoms with Crippen LogP contribution in [0.15, 0.2) is 12.3 Å². The number of anilines is 1. The van der Waals surface area contributed by atoms with Crippen LogP contribution in [-0.4, -0.2) is 29.0 Å². The predicted octanol–water partition coefficient (Wildman–Crippen LogP) is 2.16. The maximum atomic E-state index is 5.77. The van der Waals surface area contributed by atoms with Gasteiger partial charge in [-0.25, -0.2) is 4.98 Å². The summed E-state index contributed by atoms with van der Waals surface area (Å²) in [5.41, 5.74) is 0. The van der Waals surface area contributed by atoms with Gasteiger partial charge in [-0.1, -0.05) is 6.92 Å². The van der Waals surface area contributed by atoms with Crippen molar-refractivity contribution in [2.75, 3.05) is 18.3 Å². The third-order valence-corrected chi connectivity index (χ3v) is 2.78. The molecule has 0 radical (unpaired) electrons. The average Bonchev–Trinajstić information content (AvgIpc) is 2.28. The van der Waals surface area contributed by atoms with Gasteiger partial charge in [-0.05, 0) is 12.8 Å². The van der Waals surface area contributed by atoms with Crippen LogP contribution in [0.4, 0.5) is 5.95 Å². The van der Waals surface area contributed by atoms with E-state index < -0.39 is 0 Å². The average molecular weight is 230 g/mol. The van der Waals surface area contributed by atoms with E-state index in [1.165, 1.54) is 0 Å². The number of ether oxygens (including phenoxy) is 1. The molecule has 15 heavy (non-hydrogen) atoms. The van der Waals surface area contributed by atoms with Gasteiger partial charge in [0.05, 0.1) is 7.11 Å². The van der Waals surface area contributed by atoms with E-state index in [0.29, 0.717) is 23.6 Å². The first-order valence-electron chi connectivity index (χ1n) is 4.87. The number of halogens is 1. The summed E-state index contributed by atoms with van der Waals surface area (Å²) in [6, 6.07) is 1.94. The Bertz CT molecular complexity index is 308. The van der Waals surface area contributed by atoms with E-state index in [-0.39, 0.29) is 6.04 Å². The van der Waals surface area contributed by atoms with Gasteiger partial charge in [-0.3, -0.25) is 0 Å². The minimum Gasteiger partial charge on any atom is -0.481 e. The number of nitrogens with zero attached hydrogens (tertiary/aromatic N) is 2. The van der Waals surface area contributed by atoms with Crippen molar-refractivity contribution in [2.45, 2.75) is 19.9 Å². The van der Waals surface area contributed by atoms with Crippen LogP contribution in [0.25, 0.3) is 0 Å². The summed E-state index contributed by atoms with van der Waals surface area (Å²) in [5.74, 6) is 2.09. The second-order valence-corrected chi connectivity index (χ2v) is 3.80. The van der Waals surface area contributed by atoms with Crippen LogP contribution in [0.3, 0.4) is 0 Å². The Morgan fingerprint density at radius 2 is 2.27 bits per heavy atom. The van der Waals surface area contributed by atoms with Crippen LogP contribution < -0.4 is 10.1 Å². The summed E-state index contributed by atoms with van der Waals surface area (Å²) in [6.07, 6.45) is 1.66. The molecule has 2 atom stereocenters. The van der Waals surface area contributed by atoms with E-state index in [1.807, 2.05) is 0 Å². The first-order chi connectivity index (χ1) is 7.17. The van der Waals surface area contributed by atoms with Gasteiger partial charge in [-0.15, -0.1) is 11.6 Å². The molecule has 5 heteroatoms. The Kier molecular flexibility index (Phi) is 4.62.